The van der Waals surface area contributed by atoms with Gasteiger partial charge in [0, 0.05) is 11.6 Å². The van der Waals surface area contributed by atoms with Gasteiger partial charge >= 0.3 is 0 Å². The molecule has 2 aromatic rings. The summed E-state index contributed by atoms with van der Waals surface area (Å²) in [6.45, 7) is 2.16. The highest BCUT2D eigenvalue weighted by Gasteiger charge is 2.42. The summed E-state index contributed by atoms with van der Waals surface area (Å²) in [6, 6.07) is 7.49. The van der Waals surface area contributed by atoms with Crippen LogP contribution in [-0.2, 0) is 4.79 Å². The topological polar surface area (TPSA) is 77.2 Å². The molecule has 0 aliphatic heterocycles. The molecule has 0 spiro atoms. The zero-order valence-electron chi connectivity index (χ0n) is 14.4. The van der Waals surface area contributed by atoms with Crippen molar-refractivity contribution < 1.29 is 13.9 Å². The molecule has 1 heterocycles. The molecule has 2 bridgehead atoms. The third-order valence-electron chi connectivity index (χ3n) is 5.65. The van der Waals surface area contributed by atoms with Crippen LogP contribution in [0.4, 0.5) is 0 Å². The summed E-state index contributed by atoms with van der Waals surface area (Å²) in [5, 5.41) is 10.6. The van der Waals surface area contributed by atoms with Crippen LogP contribution in [-0.4, -0.2) is 28.8 Å². The summed E-state index contributed by atoms with van der Waals surface area (Å²) < 4.78 is 10.7. The number of hydrogen-bond acceptors (Lipinski definition) is 5. The number of ether oxygens (including phenoxy) is 1. The van der Waals surface area contributed by atoms with Crippen molar-refractivity contribution >= 4 is 5.91 Å². The lowest BCUT2D eigenvalue weighted by Gasteiger charge is -2.28. The van der Waals surface area contributed by atoms with E-state index in [0.717, 1.165) is 17.4 Å². The molecule has 6 heteroatoms. The monoisotopic (exact) mass is 341 g/mol. The van der Waals surface area contributed by atoms with E-state index in [9.17, 15) is 4.79 Å². The quantitative estimate of drug-likeness (QED) is 0.874. The number of fused-ring (bicyclic) bond motifs is 2. The summed E-state index contributed by atoms with van der Waals surface area (Å²) in [5.41, 5.74) is 0.819. The van der Waals surface area contributed by atoms with Gasteiger partial charge in [0.1, 0.15) is 5.75 Å². The lowest BCUT2D eigenvalue weighted by atomic mass is 9.84. The van der Waals surface area contributed by atoms with Crippen LogP contribution in [0.1, 0.15) is 32.6 Å². The normalized spacial score (nSPS) is 25.7. The van der Waals surface area contributed by atoms with Crippen LogP contribution in [0.25, 0.3) is 11.5 Å². The predicted molar refractivity (Wildman–Crippen MR) is 91.8 cm³/mol. The van der Waals surface area contributed by atoms with Gasteiger partial charge in [0.05, 0.1) is 0 Å². The Balaban J connectivity index is 1.26. The SMILES string of the molecule is CC(NC(=O)COc1ccc(-c2nnco2)cc1)C1CC2CCC1C2. The predicted octanol–water partition coefficient (Wildman–Crippen LogP) is 3.06. The van der Waals surface area contributed by atoms with Crippen LogP contribution in [0.15, 0.2) is 35.1 Å². The smallest absolute Gasteiger partial charge is 0.258 e. The Morgan fingerprint density at radius 1 is 1.32 bits per heavy atom. The second kappa shape index (κ2) is 6.86. The van der Waals surface area contributed by atoms with Gasteiger partial charge in [0.25, 0.3) is 5.91 Å². The van der Waals surface area contributed by atoms with Crippen molar-refractivity contribution in [2.24, 2.45) is 17.8 Å². The molecule has 25 heavy (non-hydrogen) atoms. The first-order valence-electron chi connectivity index (χ1n) is 8.98. The highest BCUT2D eigenvalue weighted by molar-refractivity contribution is 5.77. The first kappa shape index (κ1) is 16.1. The van der Waals surface area contributed by atoms with Crippen molar-refractivity contribution in [2.45, 2.75) is 38.6 Å². The summed E-state index contributed by atoms with van der Waals surface area (Å²) in [7, 11) is 0. The summed E-state index contributed by atoms with van der Waals surface area (Å²) in [4.78, 5) is 12.2. The van der Waals surface area contributed by atoms with Crippen LogP contribution < -0.4 is 10.1 Å². The van der Waals surface area contributed by atoms with Crippen molar-refractivity contribution in [1.29, 1.82) is 0 Å². The average molecular weight is 341 g/mol. The molecule has 0 radical (unpaired) electrons. The Hall–Kier alpha value is -2.37. The van der Waals surface area contributed by atoms with E-state index in [0.29, 0.717) is 17.6 Å². The number of carbonyl (C=O) groups excluding carboxylic acids is 1. The molecule has 0 saturated heterocycles. The molecule has 2 aliphatic carbocycles. The number of aromatic nitrogens is 2. The van der Waals surface area contributed by atoms with Crippen molar-refractivity contribution in [3.8, 4) is 17.2 Å². The number of nitrogens with zero attached hydrogens (tertiary/aromatic N) is 2. The van der Waals surface area contributed by atoms with Crippen molar-refractivity contribution in [1.82, 2.24) is 15.5 Å². The fraction of sp³-hybridized carbons (Fsp3) is 0.526. The third kappa shape index (κ3) is 3.52. The second-order valence-electron chi connectivity index (χ2n) is 7.25. The Morgan fingerprint density at radius 3 is 2.80 bits per heavy atom. The van der Waals surface area contributed by atoms with E-state index in [2.05, 4.69) is 22.4 Å². The molecular formula is C19H23N3O3. The molecule has 1 N–H and O–H groups in total. The van der Waals surface area contributed by atoms with Crippen molar-refractivity contribution in [3.63, 3.8) is 0 Å². The first-order chi connectivity index (χ1) is 12.2. The summed E-state index contributed by atoms with van der Waals surface area (Å²) >= 11 is 0. The number of hydrogen-bond donors (Lipinski definition) is 1. The molecule has 2 fully saturated rings. The van der Waals surface area contributed by atoms with E-state index in [-0.39, 0.29) is 18.6 Å². The molecule has 4 rings (SSSR count). The molecule has 4 unspecified atom stereocenters. The third-order valence-corrected chi connectivity index (χ3v) is 5.65. The van der Waals surface area contributed by atoms with Crippen molar-refractivity contribution in [2.75, 3.05) is 6.61 Å². The molecule has 6 nitrogen and oxygen atoms in total. The Morgan fingerprint density at radius 2 is 2.16 bits per heavy atom. The molecule has 1 aromatic carbocycles. The van der Waals surface area contributed by atoms with E-state index in [1.54, 1.807) is 12.1 Å². The molecule has 4 atom stereocenters. The number of carbonyl (C=O) groups is 1. The zero-order chi connectivity index (χ0) is 17.2. The Kier molecular flexibility index (Phi) is 4.42. The molecule has 2 aliphatic rings. The maximum Gasteiger partial charge on any atom is 0.258 e. The fourth-order valence-electron chi connectivity index (χ4n) is 4.45. The highest BCUT2D eigenvalue weighted by Crippen LogP contribution is 2.49. The van der Waals surface area contributed by atoms with Crippen LogP contribution in [0.3, 0.4) is 0 Å². The number of nitrogens with one attached hydrogen (secondary N) is 1. The molecular weight excluding hydrogens is 318 g/mol. The van der Waals surface area contributed by atoms with Gasteiger partial charge in [-0.1, -0.05) is 6.42 Å². The molecule has 132 valence electrons. The number of amides is 1. The molecule has 2 saturated carbocycles. The Bertz CT molecular complexity index is 714. The van der Waals surface area contributed by atoms with Gasteiger partial charge in [-0.2, -0.15) is 0 Å². The van der Waals surface area contributed by atoms with E-state index in [1.165, 1.54) is 32.1 Å². The number of benzene rings is 1. The van der Waals surface area contributed by atoms with Crippen LogP contribution in [0.5, 0.6) is 5.75 Å². The van der Waals surface area contributed by atoms with E-state index in [1.807, 2.05) is 12.1 Å². The Labute approximate surface area is 147 Å². The van der Waals surface area contributed by atoms with Gasteiger partial charge in [-0.15, -0.1) is 10.2 Å². The van der Waals surface area contributed by atoms with Gasteiger partial charge in [-0.3, -0.25) is 4.79 Å². The largest absolute Gasteiger partial charge is 0.484 e. The highest BCUT2D eigenvalue weighted by atomic mass is 16.5. The van der Waals surface area contributed by atoms with Gasteiger partial charge in [-0.05, 0) is 68.2 Å². The lowest BCUT2D eigenvalue weighted by Crippen LogP contribution is -2.42. The zero-order valence-corrected chi connectivity index (χ0v) is 14.4. The van der Waals surface area contributed by atoms with Gasteiger partial charge in [-0.25, -0.2) is 0 Å². The fourth-order valence-corrected chi connectivity index (χ4v) is 4.45. The van der Waals surface area contributed by atoms with Crippen LogP contribution in [0.2, 0.25) is 0 Å². The maximum atomic E-state index is 12.2. The van der Waals surface area contributed by atoms with Crippen LogP contribution in [0, 0.1) is 17.8 Å². The molecule has 1 aromatic heterocycles. The molecule has 1 amide bonds. The van der Waals surface area contributed by atoms with E-state index < -0.39 is 0 Å². The van der Waals surface area contributed by atoms with Crippen LogP contribution >= 0.6 is 0 Å². The lowest BCUT2D eigenvalue weighted by molar-refractivity contribution is -0.124. The van der Waals surface area contributed by atoms with Gasteiger partial charge in [0.2, 0.25) is 12.3 Å². The average Bonchev–Trinajstić information content (AvgIpc) is 3.37. The minimum Gasteiger partial charge on any atom is -0.484 e. The maximum absolute atomic E-state index is 12.2. The minimum atomic E-state index is -0.0590. The van der Waals surface area contributed by atoms with E-state index in [4.69, 9.17) is 9.15 Å². The minimum absolute atomic E-state index is 0.0328. The summed E-state index contributed by atoms with van der Waals surface area (Å²) in [6.07, 6.45) is 6.63. The van der Waals surface area contributed by atoms with Gasteiger partial charge < -0.3 is 14.5 Å². The van der Waals surface area contributed by atoms with Gasteiger partial charge in [0.15, 0.2) is 6.61 Å². The number of rotatable bonds is 6. The summed E-state index contributed by atoms with van der Waals surface area (Å²) in [5.74, 6) is 3.38. The first-order valence-corrected chi connectivity index (χ1v) is 8.98. The van der Waals surface area contributed by atoms with Crippen molar-refractivity contribution in [3.05, 3.63) is 30.7 Å². The standard InChI is InChI=1S/C19H23N3O3/c1-12(17-9-13-2-3-15(17)8-13)21-18(23)10-24-16-6-4-14(5-7-16)19-22-20-11-25-19/h4-7,11-13,15,17H,2-3,8-10H2,1H3,(H,21,23). The second-order valence-corrected chi connectivity index (χ2v) is 7.25. The van der Waals surface area contributed by atoms with E-state index >= 15 is 0 Å².